The van der Waals surface area contributed by atoms with Crippen molar-refractivity contribution in [2.45, 2.75) is 17.2 Å². The standard InChI is InChI=1S/C15H12N2O2S2/c1-9-7-11-13(20-9)16-8-17-14(11)21-12(15(18)19)10-5-3-2-4-6-10/h2-8,12H,1H3,(H,18,19). The van der Waals surface area contributed by atoms with Gasteiger partial charge in [-0.3, -0.25) is 4.79 Å². The SMILES string of the molecule is Cc1cc2c(SC(C(=O)O)c3ccccc3)ncnc2s1. The number of thioether (sulfide) groups is 1. The average molecular weight is 316 g/mol. The highest BCUT2D eigenvalue weighted by Crippen LogP contribution is 2.38. The van der Waals surface area contributed by atoms with Crippen LogP contribution in [0.4, 0.5) is 0 Å². The molecule has 1 N–H and O–H groups in total. The second-order valence-electron chi connectivity index (χ2n) is 4.50. The molecule has 0 aliphatic rings. The summed E-state index contributed by atoms with van der Waals surface area (Å²) in [7, 11) is 0. The number of nitrogens with zero attached hydrogens (tertiary/aromatic N) is 2. The summed E-state index contributed by atoms with van der Waals surface area (Å²) < 4.78 is 0. The molecule has 1 unspecified atom stereocenters. The molecule has 0 aliphatic heterocycles. The van der Waals surface area contributed by atoms with Gasteiger partial charge in [0.1, 0.15) is 21.4 Å². The van der Waals surface area contributed by atoms with E-state index >= 15 is 0 Å². The van der Waals surface area contributed by atoms with Crippen LogP contribution in [0.5, 0.6) is 0 Å². The van der Waals surface area contributed by atoms with Gasteiger partial charge in [-0.1, -0.05) is 42.1 Å². The Kier molecular flexibility index (Phi) is 3.90. The molecule has 0 bridgehead atoms. The summed E-state index contributed by atoms with van der Waals surface area (Å²) in [5.74, 6) is -0.870. The molecule has 6 heteroatoms. The minimum atomic E-state index is -0.870. The Morgan fingerprint density at radius 2 is 2.05 bits per heavy atom. The first-order valence-corrected chi connectivity index (χ1v) is 8.00. The van der Waals surface area contributed by atoms with E-state index in [-0.39, 0.29) is 0 Å². The number of carboxylic acid groups (broad SMARTS) is 1. The highest BCUT2D eigenvalue weighted by molar-refractivity contribution is 8.00. The molecular formula is C15H12N2O2S2. The van der Waals surface area contributed by atoms with Crippen LogP contribution in [0.1, 0.15) is 15.7 Å². The third-order valence-corrected chi connectivity index (χ3v) is 5.19. The Morgan fingerprint density at radius 3 is 2.76 bits per heavy atom. The van der Waals surface area contributed by atoms with Crippen molar-refractivity contribution in [1.29, 1.82) is 0 Å². The number of aryl methyl sites for hydroxylation is 1. The molecule has 1 aromatic carbocycles. The van der Waals surface area contributed by atoms with E-state index in [0.29, 0.717) is 5.03 Å². The van der Waals surface area contributed by atoms with Gasteiger partial charge >= 0.3 is 5.97 Å². The number of benzene rings is 1. The second kappa shape index (κ2) is 5.83. The summed E-state index contributed by atoms with van der Waals surface area (Å²) in [5, 5.41) is 10.5. The first-order chi connectivity index (χ1) is 10.1. The van der Waals surface area contributed by atoms with Crippen molar-refractivity contribution >= 4 is 39.3 Å². The lowest BCUT2D eigenvalue weighted by Crippen LogP contribution is -2.08. The summed E-state index contributed by atoms with van der Waals surface area (Å²) in [6, 6.07) is 11.2. The second-order valence-corrected chi connectivity index (χ2v) is 6.83. The summed E-state index contributed by atoms with van der Waals surface area (Å²) in [6.45, 7) is 2.01. The van der Waals surface area contributed by atoms with Crippen LogP contribution in [0.25, 0.3) is 10.2 Å². The van der Waals surface area contributed by atoms with Gasteiger partial charge < -0.3 is 5.11 Å². The fourth-order valence-electron chi connectivity index (χ4n) is 2.05. The topological polar surface area (TPSA) is 63.1 Å². The number of aromatic nitrogens is 2. The first kappa shape index (κ1) is 14.0. The summed E-state index contributed by atoms with van der Waals surface area (Å²) >= 11 is 2.83. The molecule has 0 spiro atoms. The van der Waals surface area contributed by atoms with E-state index in [1.54, 1.807) is 11.3 Å². The van der Waals surface area contributed by atoms with E-state index in [1.807, 2.05) is 43.3 Å². The first-order valence-electron chi connectivity index (χ1n) is 6.30. The summed E-state index contributed by atoms with van der Waals surface area (Å²) in [4.78, 5) is 22.1. The molecule has 21 heavy (non-hydrogen) atoms. The lowest BCUT2D eigenvalue weighted by molar-refractivity contribution is -0.136. The van der Waals surface area contributed by atoms with Crippen molar-refractivity contribution in [3.8, 4) is 0 Å². The minimum absolute atomic E-state index is 0.676. The predicted octanol–water partition coefficient (Wildman–Crippen LogP) is 3.92. The van der Waals surface area contributed by atoms with Crippen molar-refractivity contribution in [3.05, 3.63) is 53.2 Å². The normalized spacial score (nSPS) is 12.4. The number of hydrogen-bond acceptors (Lipinski definition) is 5. The van der Waals surface area contributed by atoms with Gasteiger partial charge in [0.15, 0.2) is 0 Å². The predicted molar refractivity (Wildman–Crippen MR) is 84.8 cm³/mol. The number of hydrogen-bond donors (Lipinski definition) is 1. The minimum Gasteiger partial charge on any atom is -0.480 e. The van der Waals surface area contributed by atoms with Crippen LogP contribution in [0, 0.1) is 6.92 Å². The van der Waals surface area contributed by atoms with Gasteiger partial charge in [-0.05, 0) is 18.6 Å². The molecular weight excluding hydrogens is 304 g/mol. The number of fused-ring (bicyclic) bond motifs is 1. The molecule has 0 radical (unpaired) electrons. The Bertz CT molecular complexity index is 787. The smallest absolute Gasteiger partial charge is 0.321 e. The highest BCUT2D eigenvalue weighted by Gasteiger charge is 2.23. The van der Waals surface area contributed by atoms with Gasteiger partial charge in [0.25, 0.3) is 0 Å². The third-order valence-electron chi connectivity index (χ3n) is 2.97. The molecule has 2 aromatic heterocycles. The van der Waals surface area contributed by atoms with Crippen LogP contribution in [0.3, 0.4) is 0 Å². The summed E-state index contributed by atoms with van der Waals surface area (Å²) in [6.07, 6.45) is 1.49. The van der Waals surface area contributed by atoms with Crippen LogP contribution in [-0.4, -0.2) is 21.0 Å². The van der Waals surface area contributed by atoms with Crippen molar-refractivity contribution in [2.24, 2.45) is 0 Å². The number of aliphatic carboxylic acids is 1. The molecule has 3 rings (SSSR count). The van der Waals surface area contributed by atoms with Crippen LogP contribution < -0.4 is 0 Å². The van der Waals surface area contributed by atoms with Crippen molar-refractivity contribution in [2.75, 3.05) is 0 Å². The monoisotopic (exact) mass is 316 g/mol. The van der Waals surface area contributed by atoms with E-state index in [1.165, 1.54) is 18.1 Å². The Balaban J connectivity index is 2.01. The summed E-state index contributed by atoms with van der Waals surface area (Å²) in [5.41, 5.74) is 0.758. The van der Waals surface area contributed by atoms with E-state index in [0.717, 1.165) is 20.7 Å². The molecule has 4 nitrogen and oxygen atoms in total. The number of rotatable bonds is 4. The van der Waals surface area contributed by atoms with Gasteiger partial charge in [0.05, 0.1) is 0 Å². The van der Waals surface area contributed by atoms with E-state index in [9.17, 15) is 9.90 Å². The molecule has 1 atom stereocenters. The molecule has 0 saturated heterocycles. The molecule has 2 heterocycles. The van der Waals surface area contributed by atoms with Crippen LogP contribution >= 0.6 is 23.1 Å². The Morgan fingerprint density at radius 1 is 1.29 bits per heavy atom. The molecule has 0 amide bonds. The molecule has 3 aromatic rings. The van der Waals surface area contributed by atoms with E-state index in [4.69, 9.17) is 0 Å². The van der Waals surface area contributed by atoms with E-state index in [2.05, 4.69) is 9.97 Å². The highest BCUT2D eigenvalue weighted by atomic mass is 32.2. The zero-order chi connectivity index (χ0) is 14.8. The largest absolute Gasteiger partial charge is 0.480 e. The van der Waals surface area contributed by atoms with Gasteiger partial charge in [0.2, 0.25) is 0 Å². The maximum atomic E-state index is 11.6. The molecule has 0 saturated carbocycles. The zero-order valence-electron chi connectivity index (χ0n) is 11.2. The van der Waals surface area contributed by atoms with Gasteiger partial charge in [-0.15, -0.1) is 11.3 Å². The van der Waals surface area contributed by atoms with Gasteiger partial charge in [0, 0.05) is 10.3 Å². The van der Waals surface area contributed by atoms with Crippen LogP contribution in [-0.2, 0) is 4.79 Å². The molecule has 0 aliphatic carbocycles. The Hall–Kier alpha value is -1.92. The van der Waals surface area contributed by atoms with Crippen molar-refractivity contribution in [3.63, 3.8) is 0 Å². The maximum absolute atomic E-state index is 11.6. The van der Waals surface area contributed by atoms with E-state index < -0.39 is 11.2 Å². The van der Waals surface area contributed by atoms with Crippen molar-refractivity contribution in [1.82, 2.24) is 9.97 Å². The fourth-order valence-corrected chi connectivity index (χ4v) is 3.97. The maximum Gasteiger partial charge on any atom is 0.321 e. The lowest BCUT2D eigenvalue weighted by Gasteiger charge is -2.12. The van der Waals surface area contributed by atoms with Gasteiger partial charge in [-0.25, -0.2) is 9.97 Å². The Labute approximate surface area is 129 Å². The average Bonchev–Trinajstić information content (AvgIpc) is 2.86. The third kappa shape index (κ3) is 2.91. The number of carboxylic acids is 1. The van der Waals surface area contributed by atoms with Crippen LogP contribution in [0.2, 0.25) is 0 Å². The number of thiophene rings is 1. The molecule has 106 valence electrons. The van der Waals surface area contributed by atoms with Gasteiger partial charge in [-0.2, -0.15) is 0 Å². The zero-order valence-corrected chi connectivity index (χ0v) is 12.8. The quantitative estimate of drug-likeness (QED) is 0.584. The fraction of sp³-hybridized carbons (Fsp3) is 0.133. The van der Waals surface area contributed by atoms with Crippen molar-refractivity contribution < 1.29 is 9.90 Å². The van der Waals surface area contributed by atoms with Crippen LogP contribution in [0.15, 0.2) is 47.8 Å². The molecule has 0 fully saturated rings. The lowest BCUT2D eigenvalue weighted by atomic mass is 10.1. The number of carbonyl (C=O) groups is 1.